The second-order valence-corrected chi connectivity index (χ2v) is 11.3. The zero-order valence-corrected chi connectivity index (χ0v) is 23.8. The zero-order valence-electron chi connectivity index (χ0n) is 22.6. The van der Waals surface area contributed by atoms with Gasteiger partial charge in [0, 0.05) is 41.4 Å². The Morgan fingerprint density at radius 3 is 2.69 bits per heavy atom. The maximum absolute atomic E-state index is 13.4. The Hall–Kier alpha value is -3.32. The van der Waals surface area contributed by atoms with E-state index in [2.05, 4.69) is 48.0 Å². The van der Waals surface area contributed by atoms with Crippen LogP contribution >= 0.6 is 9.24 Å². The zero-order chi connectivity index (χ0) is 27.4. The van der Waals surface area contributed by atoms with Crippen molar-refractivity contribution in [2.45, 2.75) is 76.2 Å². The van der Waals surface area contributed by atoms with Crippen molar-refractivity contribution in [1.82, 2.24) is 25.6 Å². The van der Waals surface area contributed by atoms with Gasteiger partial charge in [-0.15, -0.1) is 9.24 Å². The summed E-state index contributed by atoms with van der Waals surface area (Å²) in [5.41, 5.74) is 2.74. The van der Waals surface area contributed by atoms with E-state index in [0.29, 0.717) is 42.1 Å². The lowest BCUT2D eigenvalue weighted by atomic mass is 10.1. The largest absolute Gasteiger partial charge is 0.375 e. The van der Waals surface area contributed by atoms with Gasteiger partial charge in [-0.05, 0) is 70.2 Å². The minimum atomic E-state index is -0.312. The van der Waals surface area contributed by atoms with Crippen molar-refractivity contribution in [3.63, 3.8) is 0 Å². The van der Waals surface area contributed by atoms with E-state index in [4.69, 9.17) is 9.05 Å². The first-order valence-electron chi connectivity index (χ1n) is 13.8. The van der Waals surface area contributed by atoms with Crippen LogP contribution in [-0.4, -0.2) is 38.9 Å². The summed E-state index contributed by atoms with van der Waals surface area (Å²) in [5, 5.41) is 11.7. The van der Waals surface area contributed by atoms with Crippen LogP contribution < -0.4 is 10.2 Å². The summed E-state index contributed by atoms with van der Waals surface area (Å²) in [4.78, 5) is 24.4. The van der Waals surface area contributed by atoms with Gasteiger partial charge in [-0.2, -0.15) is 9.97 Å². The Kier molecular flexibility index (Phi) is 8.26. The Morgan fingerprint density at radius 1 is 1.15 bits per heavy atom. The molecule has 9 nitrogen and oxygen atoms in total. The van der Waals surface area contributed by atoms with Crippen LogP contribution in [-0.2, 0) is 16.8 Å². The van der Waals surface area contributed by atoms with Crippen LogP contribution in [0.2, 0.25) is 0 Å². The number of allylic oxidation sites excluding steroid dienone is 1. The first-order chi connectivity index (χ1) is 18.9. The Bertz CT molecular complexity index is 1340. The average Bonchev–Trinajstić information content (AvgIpc) is 3.82. The number of hydrogen-bond donors (Lipinski definition) is 1. The fourth-order valence-corrected chi connectivity index (χ4v) is 5.04. The molecule has 3 aromatic rings. The molecule has 206 valence electrons. The molecule has 5 rings (SSSR count). The lowest BCUT2D eigenvalue weighted by Crippen LogP contribution is -2.33. The predicted octanol–water partition coefficient (Wildman–Crippen LogP) is 5.68. The maximum Gasteiger partial charge on any atom is 0.253 e. The molecular formula is C29H37N6O3P. The molecule has 1 N–H and O–H groups in total. The van der Waals surface area contributed by atoms with Gasteiger partial charge in [0.25, 0.3) is 11.8 Å². The molecule has 2 fully saturated rings. The summed E-state index contributed by atoms with van der Waals surface area (Å²) in [6.45, 7) is 10.5. The molecular weight excluding hydrogens is 511 g/mol. The molecule has 1 aromatic carbocycles. The summed E-state index contributed by atoms with van der Waals surface area (Å²) in [6.07, 6.45) is 9.05. The van der Waals surface area contributed by atoms with Crippen molar-refractivity contribution < 1.29 is 13.8 Å². The third-order valence-electron chi connectivity index (χ3n) is 7.15. The standard InChI is InChI=1S/C29H37N6O3P/c1-19(2)32-29(14-15-29)28-31-26(34-38-28)22-8-7-9-23(18-22)35(27(36)20(3)13-17-39)16-6-4-5-10-24-30-25(33-37-24)21-11-12-21/h7-9,18,21,32H,1,3-6,10-17,39H2,2H3. The van der Waals surface area contributed by atoms with Crippen molar-refractivity contribution in [3.8, 4) is 11.4 Å². The van der Waals surface area contributed by atoms with Gasteiger partial charge in [0.2, 0.25) is 11.7 Å². The van der Waals surface area contributed by atoms with E-state index in [1.54, 1.807) is 0 Å². The monoisotopic (exact) mass is 548 g/mol. The number of benzene rings is 1. The Balaban J connectivity index is 1.25. The third-order valence-corrected chi connectivity index (χ3v) is 7.44. The number of aromatic nitrogens is 4. The number of amides is 1. The number of carbonyl (C=O) groups is 1. The van der Waals surface area contributed by atoms with E-state index in [1.165, 1.54) is 0 Å². The second-order valence-electron chi connectivity index (χ2n) is 10.7. The molecule has 1 unspecified atom stereocenters. The minimum absolute atomic E-state index is 0.0584. The highest BCUT2D eigenvalue weighted by atomic mass is 31.0. The number of carbonyl (C=O) groups excluding carboxylic acids is 1. The summed E-state index contributed by atoms with van der Waals surface area (Å²) in [7, 11) is 2.66. The number of anilines is 1. The van der Waals surface area contributed by atoms with Crippen LogP contribution in [0.5, 0.6) is 0 Å². The van der Waals surface area contributed by atoms with E-state index in [9.17, 15) is 4.79 Å². The molecule has 0 bridgehead atoms. The fraction of sp³-hybridized carbons (Fsp3) is 0.483. The smallest absolute Gasteiger partial charge is 0.253 e. The molecule has 2 aromatic heterocycles. The van der Waals surface area contributed by atoms with Crippen molar-refractivity contribution in [3.05, 3.63) is 66.3 Å². The van der Waals surface area contributed by atoms with Gasteiger partial charge in [-0.3, -0.25) is 4.79 Å². The summed E-state index contributed by atoms with van der Waals surface area (Å²) < 4.78 is 11.0. The van der Waals surface area contributed by atoms with Gasteiger partial charge in [-0.25, -0.2) is 0 Å². The van der Waals surface area contributed by atoms with Gasteiger partial charge in [0.05, 0.1) is 0 Å². The molecule has 0 aliphatic heterocycles. The van der Waals surface area contributed by atoms with Crippen LogP contribution in [0.4, 0.5) is 5.69 Å². The van der Waals surface area contributed by atoms with Crippen LogP contribution in [0, 0.1) is 0 Å². The average molecular weight is 549 g/mol. The quantitative estimate of drug-likeness (QED) is 0.147. The summed E-state index contributed by atoms with van der Waals surface area (Å²) in [6, 6.07) is 7.75. The molecule has 1 atom stereocenters. The number of rotatable bonds is 15. The van der Waals surface area contributed by atoms with Crippen molar-refractivity contribution in [1.29, 1.82) is 0 Å². The van der Waals surface area contributed by atoms with E-state index < -0.39 is 0 Å². The molecule has 10 heteroatoms. The first-order valence-corrected chi connectivity index (χ1v) is 14.6. The van der Waals surface area contributed by atoms with E-state index in [-0.39, 0.29) is 11.4 Å². The van der Waals surface area contributed by atoms with Gasteiger partial charge in [-0.1, -0.05) is 42.0 Å². The minimum Gasteiger partial charge on any atom is -0.375 e. The molecule has 0 spiro atoms. The molecule has 2 aliphatic rings. The maximum atomic E-state index is 13.4. The van der Waals surface area contributed by atoms with E-state index >= 15 is 0 Å². The van der Waals surface area contributed by atoms with Crippen molar-refractivity contribution >= 4 is 20.8 Å². The van der Waals surface area contributed by atoms with Crippen LogP contribution in [0.1, 0.15) is 81.8 Å². The van der Waals surface area contributed by atoms with E-state index in [1.807, 2.05) is 36.1 Å². The highest BCUT2D eigenvalue weighted by Gasteiger charge is 2.49. The lowest BCUT2D eigenvalue weighted by Gasteiger charge is -2.24. The van der Waals surface area contributed by atoms with Crippen LogP contribution in [0.15, 0.2) is 57.7 Å². The molecule has 0 radical (unpaired) electrons. The number of nitrogens with zero attached hydrogens (tertiary/aromatic N) is 5. The molecule has 2 saturated carbocycles. The first kappa shape index (κ1) is 27.3. The molecule has 2 aliphatic carbocycles. The summed E-state index contributed by atoms with van der Waals surface area (Å²) >= 11 is 0. The predicted molar refractivity (Wildman–Crippen MR) is 153 cm³/mol. The molecule has 1 amide bonds. The molecule has 0 saturated heterocycles. The fourth-order valence-electron chi connectivity index (χ4n) is 4.69. The molecule has 39 heavy (non-hydrogen) atoms. The van der Waals surface area contributed by atoms with Gasteiger partial charge >= 0.3 is 0 Å². The van der Waals surface area contributed by atoms with Gasteiger partial charge in [0.15, 0.2) is 5.82 Å². The highest BCUT2D eigenvalue weighted by molar-refractivity contribution is 7.16. The summed E-state index contributed by atoms with van der Waals surface area (Å²) in [5.74, 6) is 3.06. The topological polar surface area (TPSA) is 110 Å². The second kappa shape index (κ2) is 11.8. The number of hydrogen-bond acceptors (Lipinski definition) is 8. The van der Waals surface area contributed by atoms with Crippen LogP contribution in [0.25, 0.3) is 11.4 Å². The molecule has 2 heterocycles. The normalized spacial score (nSPS) is 15.6. The van der Waals surface area contributed by atoms with Crippen molar-refractivity contribution in [2.75, 3.05) is 17.6 Å². The Labute approximate surface area is 231 Å². The number of aryl methyl sites for hydroxylation is 1. The number of nitrogens with one attached hydrogen (secondary N) is 1. The highest BCUT2D eigenvalue weighted by Crippen LogP contribution is 2.45. The third kappa shape index (κ3) is 6.64. The van der Waals surface area contributed by atoms with Crippen LogP contribution in [0.3, 0.4) is 0 Å². The SMILES string of the molecule is C=C(C)NC1(c2nc(-c3cccc(N(CCCCCc4nc(C5CC5)no4)C(=O)C(=C)CCP)c3)no2)CC1. The Morgan fingerprint density at radius 2 is 1.97 bits per heavy atom. The van der Waals surface area contributed by atoms with Gasteiger partial charge in [0.1, 0.15) is 5.54 Å². The number of unbranched alkanes of at least 4 members (excludes halogenated alkanes) is 2. The van der Waals surface area contributed by atoms with Crippen molar-refractivity contribution in [2.24, 2.45) is 0 Å². The van der Waals surface area contributed by atoms with E-state index in [0.717, 1.165) is 80.3 Å². The lowest BCUT2D eigenvalue weighted by molar-refractivity contribution is -0.115. The van der Waals surface area contributed by atoms with Gasteiger partial charge < -0.3 is 19.3 Å².